The Morgan fingerprint density at radius 2 is 1.62 bits per heavy atom. The number of carboxylic acid groups (broad SMARTS) is 2. The molecule has 2 saturated heterocycles. The highest BCUT2D eigenvalue weighted by molar-refractivity contribution is 5.80. The van der Waals surface area contributed by atoms with Crippen molar-refractivity contribution >= 4 is 12.1 Å². The van der Waals surface area contributed by atoms with Crippen LogP contribution in [0.3, 0.4) is 0 Å². The zero-order chi connectivity index (χ0) is 11.8. The average Bonchev–Trinajstić information content (AvgIpc) is 2.16. The van der Waals surface area contributed by atoms with Crippen molar-refractivity contribution in [2.24, 2.45) is 0 Å². The Balaban J connectivity index is 1.98. The summed E-state index contributed by atoms with van der Waals surface area (Å²) in [6.07, 6.45) is -0.950. The summed E-state index contributed by atoms with van der Waals surface area (Å²) < 4.78 is 4.97. The topological polar surface area (TPSA) is 90.3 Å². The van der Waals surface area contributed by atoms with Crippen molar-refractivity contribution in [2.45, 2.75) is 5.54 Å². The SMILES string of the molecule is O=C(O)N1CCN(C2(C(=O)O)COC2)CC1. The number of hydrogen-bond donors (Lipinski definition) is 2. The third-order valence-electron chi connectivity index (χ3n) is 3.24. The predicted molar refractivity (Wildman–Crippen MR) is 52.4 cm³/mol. The Labute approximate surface area is 92.2 Å². The number of amides is 1. The molecule has 2 fully saturated rings. The molecular weight excluding hydrogens is 216 g/mol. The van der Waals surface area contributed by atoms with Gasteiger partial charge in [-0.2, -0.15) is 0 Å². The fourth-order valence-electron chi connectivity index (χ4n) is 2.06. The normalized spacial score (nSPS) is 24.9. The lowest BCUT2D eigenvalue weighted by molar-refractivity contribution is -0.190. The van der Waals surface area contributed by atoms with E-state index in [1.165, 1.54) is 4.90 Å². The first-order valence-corrected chi connectivity index (χ1v) is 5.10. The number of hydrogen-bond acceptors (Lipinski definition) is 4. The summed E-state index contributed by atoms with van der Waals surface area (Å²) in [7, 11) is 0. The lowest BCUT2D eigenvalue weighted by Gasteiger charge is -2.48. The number of carboxylic acids is 1. The highest BCUT2D eigenvalue weighted by Gasteiger charge is 2.51. The van der Waals surface area contributed by atoms with Crippen LogP contribution in [0, 0.1) is 0 Å². The summed E-state index contributed by atoms with van der Waals surface area (Å²) in [6.45, 7) is 1.98. The number of piperazine rings is 1. The van der Waals surface area contributed by atoms with E-state index in [2.05, 4.69) is 0 Å². The molecule has 0 aromatic heterocycles. The van der Waals surface area contributed by atoms with Gasteiger partial charge in [0.2, 0.25) is 0 Å². The number of rotatable bonds is 2. The lowest BCUT2D eigenvalue weighted by atomic mass is 9.94. The maximum Gasteiger partial charge on any atom is 0.407 e. The number of nitrogens with zero attached hydrogens (tertiary/aromatic N) is 2. The van der Waals surface area contributed by atoms with E-state index >= 15 is 0 Å². The van der Waals surface area contributed by atoms with Gasteiger partial charge in [-0.3, -0.25) is 9.69 Å². The molecule has 0 bridgehead atoms. The second-order valence-corrected chi connectivity index (χ2v) is 4.09. The largest absolute Gasteiger partial charge is 0.480 e. The van der Waals surface area contributed by atoms with E-state index in [9.17, 15) is 9.59 Å². The third kappa shape index (κ3) is 1.61. The summed E-state index contributed by atoms with van der Waals surface area (Å²) in [5, 5.41) is 17.9. The minimum atomic E-state index is -0.950. The monoisotopic (exact) mass is 230 g/mol. The van der Waals surface area contributed by atoms with E-state index in [1.807, 2.05) is 0 Å². The Bertz CT molecular complexity index is 307. The van der Waals surface area contributed by atoms with Gasteiger partial charge >= 0.3 is 12.1 Å². The molecule has 0 atom stereocenters. The smallest absolute Gasteiger partial charge is 0.407 e. The van der Waals surface area contributed by atoms with E-state index in [4.69, 9.17) is 14.9 Å². The van der Waals surface area contributed by atoms with Crippen LogP contribution < -0.4 is 0 Å². The summed E-state index contributed by atoms with van der Waals surface area (Å²) >= 11 is 0. The van der Waals surface area contributed by atoms with Crippen LogP contribution in [-0.2, 0) is 9.53 Å². The maximum absolute atomic E-state index is 11.2. The van der Waals surface area contributed by atoms with Gasteiger partial charge < -0.3 is 19.8 Å². The molecule has 2 N–H and O–H groups in total. The molecule has 2 aliphatic heterocycles. The van der Waals surface area contributed by atoms with E-state index < -0.39 is 17.6 Å². The van der Waals surface area contributed by atoms with Crippen LogP contribution in [0.25, 0.3) is 0 Å². The Morgan fingerprint density at radius 1 is 1.06 bits per heavy atom. The predicted octanol–water partition coefficient (Wildman–Crippen LogP) is -0.864. The van der Waals surface area contributed by atoms with Crippen molar-refractivity contribution in [2.75, 3.05) is 39.4 Å². The van der Waals surface area contributed by atoms with Gasteiger partial charge in [0.25, 0.3) is 0 Å². The summed E-state index contributed by atoms with van der Waals surface area (Å²) in [4.78, 5) is 25.0. The zero-order valence-corrected chi connectivity index (χ0v) is 8.76. The van der Waals surface area contributed by atoms with Gasteiger partial charge in [-0.1, -0.05) is 0 Å². The molecule has 0 unspecified atom stereocenters. The van der Waals surface area contributed by atoms with Gasteiger partial charge in [0, 0.05) is 26.2 Å². The zero-order valence-electron chi connectivity index (χ0n) is 8.76. The van der Waals surface area contributed by atoms with Crippen LogP contribution in [0.15, 0.2) is 0 Å². The van der Waals surface area contributed by atoms with Crippen LogP contribution >= 0.6 is 0 Å². The molecule has 0 spiro atoms. The van der Waals surface area contributed by atoms with Crippen molar-refractivity contribution in [3.63, 3.8) is 0 Å². The third-order valence-corrected chi connectivity index (χ3v) is 3.24. The van der Waals surface area contributed by atoms with Crippen molar-refractivity contribution < 1.29 is 24.5 Å². The highest BCUT2D eigenvalue weighted by Crippen LogP contribution is 2.26. The quantitative estimate of drug-likeness (QED) is 0.641. The molecular formula is C9H14N2O5. The molecule has 1 amide bonds. The highest BCUT2D eigenvalue weighted by atomic mass is 16.5. The fourth-order valence-corrected chi connectivity index (χ4v) is 2.06. The molecule has 2 rings (SSSR count). The number of ether oxygens (including phenoxy) is 1. The van der Waals surface area contributed by atoms with Crippen molar-refractivity contribution in [3.8, 4) is 0 Å². The molecule has 90 valence electrons. The molecule has 16 heavy (non-hydrogen) atoms. The molecule has 0 aromatic rings. The molecule has 2 aliphatic rings. The van der Waals surface area contributed by atoms with Crippen LogP contribution in [0.1, 0.15) is 0 Å². The maximum atomic E-state index is 11.2. The molecule has 0 radical (unpaired) electrons. The molecule has 7 nitrogen and oxygen atoms in total. The Hall–Kier alpha value is -1.34. The van der Waals surface area contributed by atoms with Crippen LogP contribution in [0.2, 0.25) is 0 Å². The Kier molecular flexibility index (Phi) is 2.73. The second-order valence-electron chi connectivity index (χ2n) is 4.09. The first-order valence-electron chi connectivity index (χ1n) is 5.10. The summed E-state index contributed by atoms with van der Waals surface area (Å²) in [5.41, 5.74) is -0.926. The van der Waals surface area contributed by atoms with Gasteiger partial charge in [-0.25, -0.2) is 4.79 Å². The van der Waals surface area contributed by atoms with Crippen molar-refractivity contribution in [1.29, 1.82) is 0 Å². The summed E-state index contributed by atoms with van der Waals surface area (Å²) in [5.74, 6) is -0.887. The minimum Gasteiger partial charge on any atom is -0.480 e. The van der Waals surface area contributed by atoms with Crippen molar-refractivity contribution in [1.82, 2.24) is 9.80 Å². The first kappa shape index (κ1) is 11.2. The van der Waals surface area contributed by atoms with Crippen LogP contribution in [-0.4, -0.2) is 77.0 Å². The van der Waals surface area contributed by atoms with E-state index in [0.29, 0.717) is 26.2 Å². The molecule has 7 heteroatoms. The summed E-state index contributed by atoms with van der Waals surface area (Å²) in [6, 6.07) is 0. The molecule has 2 heterocycles. The number of carbonyl (C=O) groups is 2. The molecule has 0 saturated carbocycles. The van der Waals surface area contributed by atoms with Gasteiger partial charge in [-0.05, 0) is 0 Å². The van der Waals surface area contributed by atoms with Gasteiger partial charge in [0.15, 0.2) is 5.54 Å². The standard InChI is InChI=1S/C9H14N2O5/c12-7(13)9(5-16-6-9)11-3-1-10(2-4-11)8(14)15/h1-6H2,(H,12,13)(H,14,15). The van der Waals surface area contributed by atoms with Crippen molar-refractivity contribution in [3.05, 3.63) is 0 Å². The lowest BCUT2D eigenvalue weighted by Crippen LogP contribution is -2.70. The fraction of sp³-hybridized carbons (Fsp3) is 0.778. The van der Waals surface area contributed by atoms with Crippen LogP contribution in [0.4, 0.5) is 4.79 Å². The average molecular weight is 230 g/mol. The van der Waals surface area contributed by atoms with E-state index in [0.717, 1.165) is 0 Å². The van der Waals surface area contributed by atoms with Gasteiger partial charge in [0.05, 0.1) is 13.2 Å². The molecule has 0 aliphatic carbocycles. The number of aliphatic carboxylic acids is 1. The molecule has 0 aromatic carbocycles. The Morgan fingerprint density at radius 3 is 1.94 bits per heavy atom. The minimum absolute atomic E-state index is 0.190. The van der Waals surface area contributed by atoms with Crippen LogP contribution in [0.5, 0.6) is 0 Å². The van der Waals surface area contributed by atoms with E-state index in [1.54, 1.807) is 4.90 Å². The van der Waals surface area contributed by atoms with E-state index in [-0.39, 0.29) is 13.2 Å². The van der Waals surface area contributed by atoms with Gasteiger partial charge in [-0.15, -0.1) is 0 Å². The first-order chi connectivity index (χ1) is 7.56. The van der Waals surface area contributed by atoms with Gasteiger partial charge in [0.1, 0.15) is 0 Å². The second kappa shape index (κ2) is 3.91.